The highest BCUT2D eigenvalue weighted by molar-refractivity contribution is 6.30. The Morgan fingerprint density at radius 1 is 1.13 bits per heavy atom. The summed E-state index contributed by atoms with van der Waals surface area (Å²) in [6, 6.07) is 12.2. The monoisotopic (exact) mass is 420 g/mol. The molecule has 0 unspecified atom stereocenters. The van der Waals surface area contributed by atoms with Crippen molar-refractivity contribution in [2.75, 3.05) is 13.2 Å². The fourth-order valence-corrected chi connectivity index (χ4v) is 3.78. The van der Waals surface area contributed by atoms with E-state index < -0.39 is 12.1 Å². The van der Waals surface area contributed by atoms with Gasteiger partial charge in [-0.05, 0) is 30.3 Å². The topological polar surface area (TPSA) is 90.1 Å². The number of aliphatic hydroxyl groups is 1. The van der Waals surface area contributed by atoms with Gasteiger partial charge in [-0.2, -0.15) is 0 Å². The van der Waals surface area contributed by atoms with E-state index in [4.69, 9.17) is 21.3 Å². The van der Waals surface area contributed by atoms with Crippen molar-refractivity contribution in [3.63, 3.8) is 0 Å². The van der Waals surface area contributed by atoms with Crippen LogP contribution in [0.1, 0.15) is 6.04 Å². The van der Waals surface area contributed by atoms with Gasteiger partial charge >= 0.3 is 0 Å². The van der Waals surface area contributed by atoms with Crippen LogP contribution >= 0.6 is 11.6 Å². The number of ether oxygens (including phenoxy) is 1. The molecule has 150 valence electrons. The maximum Gasteiger partial charge on any atom is 0.261 e. The highest BCUT2D eigenvalue weighted by atomic mass is 35.5. The van der Waals surface area contributed by atoms with E-state index in [0.717, 1.165) is 11.1 Å². The number of rotatable bonds is 3. The Hall–Kier alpha value is -3.13. The summed E-state index contributed by atoms with van der Waals surface area (Å²) in [7, 11) is 0. The third-order valence-electron chi connectivity index (χ3n) is 5.22. The number of halogens is 1. The van der Waals surface area contributed by atoms with Crippen LogP contribution in [0.3, 0.4) is 0 Å². The Morgan fingerprint density at radius 3 is 2.67 bits per heavy atom. The van der Waals surface area contributed by atoms with E-state index in [-0.39, 0.29) is 18.8 Å². The molecule has 1 aromatic carbocycles. The molecule has 30 heavy (non-hydrogen) atoms. The van der Waals surface area contributed by atoms with Gasteiger partial charge in [0.15, 0.2) is 0 Å². The largest absolute Gasteiger partial charge is 0.388 e. The predicted octanol–water partition coefficient (Wildman–Crippen LogP) is 3.11. The number of aromatic nitrogens is 4. The molecule has 0 amide bonds. The molecule has 0 aliphatic carbocycles. The first kappa shape index (κ1) is 18.9. The molecule has 0 spiro atoms. The molecule has 0 radical (unpaired) electrons. The highest BCUT2D eigenvalue weighted by Gasteiger charge is 2.29. The number of benzene rings is 1. The smallest absolute Gasteiger partial charge is 0.261 e. The van der Waals surface area contributed by atoms with Gasteiger partial charge in [-0.3, -0.25) is 14.3 Å². The minimum atomic E-state index is -0.752. The number of hydrogen-bond donors (Lipinski definition) is 1. The summed E-state index contributed by atoms with van der Waals surface area (Å²) in [5.41, 5.74) is 3.00. The summed E-state index contributed by atoms with van der Waals surface area (Å²) >= 11 is 6.03. The number of pyridine rings is 2. The molecule has 0 bridgehead atoms. The molecular formula is C22H17ClN4O3. The second-order valence-electron chi connectivity index (χ2n) is 7.13. The van der Waals surface area contributed by atoms with Gasteiger partial charge in [-0.25, -0.2) is 9.97 Å². The van der Waals surface area contributed by atoms with Crippen molar-refractivity contribution in [3.05, 3.63) is 76.6 Å². The summed E-state index contributed by atoms with van der Waals surface area (Å²) in [6.45, 7) is 0.460. The lowest BCUT2D eigenvalue weighted by Crippen LogP contribution is -2.32. The van der Waals surface area contributed by atoms with E-state index >= 15 is 0 Å². The minimum Gasteiger partial charge on any atom is -0.388 e. The maximum atomic E-state index is 13.4. The van der Waals surface area contributed by atoms with Crippen molar-refractivity contribution in [2.24, 2.45) is 0 Å². The molecular weight excluding hydrogens is 404 g/mol. The summed E-state index contributed by atoms with van der Waals surface area (Å²) in [4.78, 5) is 26.9. The van der Waals surface area contributed by atoms with Crippen LogP contribution in [0.4, 0.5) is 0 Å². The van der Waals surface area contributed by atoms with Gasteiger partial charge < -0.3 is 9.84 Å². The number of fused-ring (bicyclic) bond motifs is 1. The Labute approximate surface area is 176 Å². The molecule has 4 heterocycles. The zero-order valence-electron chi connectivity index (χ0n) is 15.8. The van der Waals surface area contributed by atoms with Crippen LogP contribution in [-0.4, -0.2) is 43.9 Å². The first-order valence-electron chi connectivity index (χ1n) is 9.46. The average molecular weight is 421 g/mol. The highest BCUT2D eigenvalue weighted by Crippen LogP contribution is 2.29. The molecule has 8 heteroatoms. The SMILES string of the molecule is O=c1c2cc(-c3ccc(Cl)cc3)nc(-c3cccnc3)c2ncn1[C@H]1COC[C@@H]1O. The molecule has 1 fully saturated rings. The molecule has 1 N–H and O–H groups in total. The first-order chi connectivity index (χ1) is 14.6. The zero-order valence-corrected chi connectivity index (χ0v) is 16.5. The van der Waals surface area contributed by atoms with Gasteiger partial charge in [0.2, 0.25) is 0 Å². The molecule has 1 aliphatic heterocycles. The van der Waals surface area contributed by atoms with Crippen LogP contribution in [0.2, 0.25) is 5.02 Å². The number of hydrogen-bond acceptors (Lipinski definition) is 6. The van der Waals surface area contributed by atoms with Crippen LogP contribution < -0.4 is 5.56 Å². The molecule has 3 aromatic heterocycles. The second kappa shape index (κ2) is 7.60. The Bertz CT molecular complexity index is 1280. The van der Waals surface area contributed by atoms with Crippen LogP contribution in [0.15, 0.2) is 66.0 Å². The molecule has 0 saturated carbocycles. The maximum absolute atomic E-state index is 13.4. The number of nitrogens with zero attached hydrogens (tertiary/aromatic N) is 4. The summed E-state index contributed by atoms with van der Waals surface area (Å²) in [6.07, 6.45) is 4.07. The normalized spacial score (nSPS) is 18.7. The average Bonchev–Trinajstić information content (AvgIpc) is 3.20. The van der Waals surface area contributed by atoms with Gasteiger partial charge in [-0.1, -0.05) is 23.7 Å². The fourth-order valence-electron chi connectivity index (χ4n) is 3.65. The molecule has 7 nitrogen and oxygen atoms in total. The molecule has 1 saturated heterocycles. The first-order valence-corrected chi connectivity index (χ1v) is 9.83. The van der Waals surface area contributed by atoms with Gasteiger partial charge in [0.05, 0.1) is 42.4 Å². The zero-order chi connectivity index (χ0) is 20.7. The predicted molar refractivity (Wildman–Crippen MR) is 113 cm³/mol. The molecule has 1 aliphatic rings. The van der Waals surface area contributed by atoms with Crippen molar-refractivity contribution in [3.8, 4) is 22.5 Å². The van der Waals surface area contributed by atoms with Crippen LogP contribution in [0.25, 0.3) is 33.4 Å². The lowest BCUT2D eigenvalue weighted by atomic mass is 10.1. The second-order valence-corrected chi connectivity index (χ2v) is 7.57. The van der Waals surface area contributed by atoms with E-state index in [2.05, 4.69) is 9.97 Å². The van der Waals surface area contributed by atoms with E-state index in [9.17, 15) is 9.90 Å². The Morgan fingerprint density at radius 2 is 1.97 bits per heavy atom. The van der Waals surface area contributed by atoms with E-state index in [1.807, 2.05) is 24.3 Å². The van der Waals surface area contributed by atoms with Gasteiger partial charge in [0.25, 0.3) is 5.56 Å². The lowest BCUT2D eigenvalue weighted by Gasteiger charge is -2.17. The van der Waals surface area contributed by atoms with Crippen LogP contribution in [0.5, 0.6) is 0 Å². The fraction of sp³-hybridized carbons (Fsp3) is 0.182. The van der Waals surface area contributed by atoms with Crippen LogP contribution in [-0.2, 0) is 4.74 Å². The van der Waals surface area contributed by atoms with Crippen molar-refractivity contribution < 1.29 is 9.84 Å². The van der Waals surface area contributed by atoms with Crippen molar-refractivity contribution in [1.82, 2.24) is 19.5 Å². The van der Waals surface area contributed by atoms with Gasteiger partial charge in [0, 0.05) is 28.5 Å². The van der Waals surface area contributed by atoms with Crippen molar-refractivity contribution in [2.45, 2.75) is 12.1 Å². The van der Waals surface area contributed by atoms with Gasteiger partial charge in [-0.15, -0.1) is 0 Å². The van der Waals surface area contributed by atoms with Crippen LogP contribution in [0, 0.1) is 0 Å². The van der Waals surface area contributed by atoms with E-state index in [1.54, 1.807) is 30.6 Å². The summed E-state index contributed by atoms with van der Waals surface area (Å²) in [5, 5.41) is 11.2. The summed E-state index contributed by atoms with van der Waals surface area (Å²) < 4.78 is 6.76. The quantitative estimate of drug-likeness (QED) is 0.547. The lowest BCUT2D eigenvalue weighted by molar-refractivity contribution is 0.119. The number of aliphatic hydroxyl groups excluding tert-OH is 1. The third kappa shape index (κ3) is 3.27. The minimum absolute atomic E-state index is 0.197. The van der Waals surface area contributed by atoms with Gasteiger partial charge in [0.1, 0.15) is 11.6 Å². The third-order valence-corrected chi connectivity index (χ3v) is 5.47. The molecule has 5 rings (SSSR count). The van der Waals surface area contributed by atoms with E-state index in [0.29, 0.717) is 27.3 Å². The molecule has 4 aromatic rings. The van der Waals surface area contributed by atoms with Crippen molar-refractivity contribution >= 4 is 22.5 Å². The standard InChI is InChI=1S/C22H17ClN4O3/c23-15-5-3-13(4-6-15)17-8-16-21(20(26-17)14-2-1-7-24-9-14)25-12-27(22(16)29)18-10-30-11-19(18)28/h1-9,12,18-19,28H,10-11H2/t18-,19-/m0/s1. The summed E-state index contributed by atoms with van der Waals surface area (Å²) in [5.74, 6) is 0. The Kier molecular flexibility index (Phi) is 4.78. The Balaban J connectivity index is 1.78. The molecule has 2 atom stereocenters. The van der Waals surface area contributed by atoms with Crippen molar-refractivity contribution in [1.29, 1.82) is 0 Å². The van der Waals surface area contributed by atoms with E-state index in [1.165, 1.54) is 10.9 Å².